The quantitative estimate of drug-likeness (QED) is 0.200. The lowest BCUT2D eigenvalue weighted by Gasteiger charge is -2.36. The predicted molar refractivity (Wildman–Crippen MR) is 170 cm³/mol. The third kappa shape index (κ3) is 7.99. The molecule has 0 aliphatic rings. The molecule has 4 rings (SSSR count). The molecule has 0 fully saturated rings. The van der Waals surface area contributed by atoms with Crippen LogP contribution in [0, 0.1) is 18.3 Å². The number of carbonyl (C=O) groups excluding carboxylic acids is 3. The van der Waals surface area contributed by atoms with Crippen LogP contribution in [0.5, 0.6) is 0 Å². The number of ether oxygens (including phenoxy) is 1. The second kappa shape index (κ2) is 15.3. The molecule has 2 N–H and O–H groups in total. The third-order valence-corrected chi connectivity index (χ3v) is 7.72. The summed E-state index contributed by atoms with van der Waals surface area (Å²) in [5.41, 5.74) is 10.7. The van der Waals surface area contributed by atoms with Gasteiger partial charge >= 0.3 is 5.97 Å². The van der Waals surface area contributed by atoms with Crippen molar-refractivity contribution < 1.29 is 19.1 Å². The molecule has 0 bridgehead atoms. The van der Waals surface area contributed by atoms with Crippen molar-refractivity contribution in [1.29, 1.82) is 5.26 Å². The first-order chi connectivity index (χ1) is 21.3. The molecule has 0 aliphatic carbocycles. The number of nitriles is 1. The van der Waals surface area contributed by atoms with Crippen molar-refractivity contribution in [2.45, 2.75) is 50.6 Å². The monoisotopic (exact) mass is 587 g/mol. The van der Waals surface area contributed by atoms with Gasteiger partial charge in [-0.3, -0.25) is 9.59 Å². The second-order valence-corrected chi connectivity index (χ2v) is 10.8. The highest BCUT2D eigenvalue weighted by atomic mass is 16.5. The third-order valence-electron chi connectivity index (χ3n) is 7.72. The number of nitrogens with two attached hydrogens (primary N) is 1. The first kappa shape index (κ1) is 31.7. The number of hydrogen-bond acceptors (Lipinski definition) is 5. The van der Waals surface area contributed by atoms with Crippen LogP contribution in [-0.2, 0) is 27.2 Å². The van der Waals surface area contributed by atoms with E-state index in [2.05, 4.69) is 6.07 Å². The summed E-state index contributed by atoms with van der Waals surface area (Å²) >= 11 is 0. The standard InChI is InChI=1S/C37H37N3O4/c1-26-12-9-15-28(22-26)24-33(35(39)41)40(32(25-38)21-11-14-27-13-10-20-31(23-27)37(43)44-2)36(42)34(29-16-5-3-6-17-29)30-18-7-4-8-19-30/h3-10,12-13,15-20,22-23,32-34H,11,14,21,24H2,1-2H3,(H2,39,41)/t32-,33-/m0/s1. The fourth-order valence-electron chi connectivity index (χ4n) is 5.58. The molecule has 224 valence electrons. The van der Waals surface area contributed by atoms with Crippen LogP contribution >= 0.6 is 0 Å². The Kier molecular flexibility index (Phi) is 11.0. The molecule has 4 aromatic rings. The molecular weight excluding hydrogens is 550 g/mol. The number of benzene rings is 4. The number of carbonyl (C=O) groups is 3. The number of rotatable bonds is 13. The van der Waals surface area contributed by atoms with Crippen LogP contribution in [0.1, 0.15) is 56.9 Å². The van der Waals surface area contributed by atoms with Crippen molar-refractivity contribution in [2.24, 2.45) is 5.73 Å². The minimum atomic E-state index is -1.05. The van der Waals surface area contributed by atoms with Gasteiger partial charge in [-0.25, -0.2) is 4.79 Å². The number of nitrogens with zero attached hydrogens (tertiary/aromatic N) is 2. The lowest BCUT2D eigenvalue weighted by Crippen LogP contribution is -2.55. The highest BCUT2D eigenvalue weighted by Crippen LogP contribution is 2.30. The van der Waals surface area contributed by atoms with Crippen molar-refractivity contribution in [2.75, 3.05) is 7.11 Å². The first-order valence-corrected chi connectivity index (χ1v) is 14.7. The maximum absolute atomic E-state index is 14.7. The van der Waals surface area contributed by atoms with Crippen molar-refractivity contribution in [3.63, 3.8) is 0 Å². The van der Waals surface area contributed by atoms with E-state index in [1.54, 1.807) is 18.2 Å². The molecule has 0 radical (unpaired) electrons. The van der Waals surface area contributed by atoms with Crippen molar-refractivity contribution in [1.82, 2.24) is 4.90 Å². The van der Waals surface area contributed by atoms with Gasteiger partial charge in [0.1, 0.15) is 12.1 Å². The average molecular weight is 588 g/mol. The zero-order chi connectivity index (χ0) is 31.5. The molecule has 2 atom stereocenters. The lowest BCUT2D eigenvalue weighted by molar-refractivity contribution is -0.141. The number of aryl methyl sites for hydroxylation is 2. The number of hydrogen-bond donors (Lipinski definition) is 1. The molecule has 0 aromatic heterocycles. The molecule has 7 nitrogen and oxygen atoms in total. The summed E-state index contributed by atoms with van der Waals surface area (Å²) in [6.07, 6.45) is 1.58. The maximum Gasteiger partial charge on any atom is 0.337 e. The summed E-state index contributed by atoms with van der Waals surface area (Å²) in [7, 11) is 1.34. The average Bonchev–Trinajstić information content (AvgIpc) is 3.04. The van der Waals surface area contributed by atoms with Gasteiger partial charge in [0.15, 0.2) is 0 Å². The summed E-state index contributed by atoms with van der Waals surface area (Å²) in [6, 6.07) is 33.9. The molecule has 0 saturated carbocycles. The van der Waals surface area contributed by atoms with Crippen LogP contribution < -0.4 is 5.73 Å². The summed E-state index contributed by atoms with van der Waals surface area (Å²) in [4.78, 5) is 41.3. The maximum atomic E-state index is 14.7. The first-order valence-electron chi connectivity index (χ1n) is 14.7. The summed E-state index contributed by atoms with van der Waals surface area (Å²) in [5.74, 6) is -2.21. The fraction of sp³-hybridized carbons (Fsp3) is 0.243. The van der Waals surface area contributed by atoms with Crippen LogP contribution in [0.15, 0.2) is 109 Å². The topological polar surface area (TPSA) is 113 Å². The Bertz CT molecular complexity index is 1580. The van der Waals surface area contributed by atoms with Gasteiger partial charge < -0.3 is 15.4 Å². The summed E-state index contributed by atoms with van der Waals surface area (Å²) in [5, 5.41) is 10.5. The summed E-state index contributed by atoms with van der Waals surface area (Å²) < 4.78 is 4.84. The van der Waals surface area contributed by atoms with E-state index in [0.717, 1.165) is 27.8 Å². The Morgan fingerprint density at radius 3 is 2.02 bits per heavy atom. The number of esters is 1. The van der Waals surface area contributed by atoms with E-state index in [-0.39, 0.29) is 12.3 Å². The van der Waals surface area contributed by atoms with E-state index in [1.165, 1.54) is 12.0 Å². The van der Waals surface area contributed by atoms with Crippen LogP contribution in [0.2, 0.25) is 0 Å². The Balaban J connectivity index is 1.71. The van der Waals surface area contributed by atoms with Gasteiger partial charge in [0.2, 0.25) is 11.8 Å². The number of methoxy groups -OCH3 is 1. The molecular formula is C37H37N3O4. The largest absolute Gasteiger partial charge is 0.465 e. The molecule has 0 saturated heterocycles. The van der Waals surface area contributed by atoms with Crippen LogP contribution in [0.25, 0.3) is 0 Å². The SMILES string of the molecule is COC(=O)c1cccc(CCC[C@@H](C#N)N(C(=O)C(c2ccccc2)c2ccccc2)[C@@H](Cc2cccc(C)c2)C(N)=O)c1. The molecule has 2 amide bonds. The van der Waals surface area contributed by atoms with Crippen molar-refractivity contribution in [3.8, 4) is 6.07 Å². The number of primary amides is 1. The van der Waals surface area contributed by atoms with E-state index in [0.29, 0.717) is 24.8 Å². The Morgan fingerprint density at radius 2 is 1.45 bits per heavy atom. The van der Waals surface area contributed by atoms with Gasteiger partial charge in [-0.05, 0) is 60.6 Å². The zero-order valence-corrected chi connectivity index (χ0v) is 25.1. The van der Waals surface area contributed by atoms with E-state index in [4.69, 9.17) is 10.5 Å². The fourth-order valence-corrected chi connectivity index (χ4v) is 5.58. The van der Waals surface area contributed by atoms with Crippen LogP contribution in [0.4, 0.5) is 0 Å². The smallest absolute Gasteiger partial charge is 0.337 e. The second-order valence-electron chi connectivity index (χ2n) is 10.8. The lowest BCUT2D eigenvalue weighted by atomic mass is 9.88. The molecule has 7 heteroatoms. The minimum Gasteiger partial charge on any atom is -0.465 e. The van der Waals surface area contributed by atoms with Gasteiger partial charge in [0.05, 0.1) is 24.7 Å². The Labute approximate surface area is 258 Å². The van der Waals surface area contributed by atoms with Gasteiger partial charge in [-0.2, -0.15) is 5.26 Å². The molecule has 0 unspecified atom stereocenters. The molecule has 0 spiro atoms. The molecule has 0 heterocycles. The molecule has 4 aromatic carbocycles. The number of amides is 2. The highest BCUT2D eigenvalue weighted by Gasteiger charge is 2.38. The van der Waals surface area contributed by atoms with Crippen LogP contribution in [-0.4, -0.2) is 41.9 Å². The Morgan fingerprint density at radius 1 is 0.841 bits per heavy atom. The van der Waals surface area contributed by atoms with Crippen LogP contribution in [0.3, 0.4) is 0 Å². The van der Waals surface area contributed by atoms with E-state index < -0.39 is 29.9 Å². The van der Waals surface area contributed by atoms with Gasteiger partial charge in [0, 0.05) is 6.42 Å². The minimum absolute atomic E-state index is 0.179. The van der Waals surface area contributed by atoms with Gasteiger partial charge in [-0.1, -0.05) is 103 Å². The normalized spacial score (nSPS) is 12.1. The van der Waals surface area contributed by atoms with Gasteiger partial charge in [0.25, 0.3) is 0 Å². The Hall–Kier alpha value is -5.22. The van der Waals surface area contributed by atoms with Gasteiger partial charge in [-0.15, -0.1) is 0 Å². The van der Waals surface area contributed by atoms with Crippen molar-refractivity contribution in [3.05, 3.63) is 143 Å². The molecule has 44 heavy (non-hydrogen) atoms. The van der Waals surface area contributed by atoms with Crippen molar-refractivity contribution >= 4 is 17.8 Å². The molecule has 0 aliphatic heterocycles. The highest BCUT2D eigenvalue weighted by molar-refractivity contribution is 5.93. The van der Waals surface area contributed by atoms with E-state index in [9.17, 15) is 19.6 Å². The zero-order valence-electron chi connectivity index (χ0n) is 25.1. The van der Waals surface area contributed by atoms with E-state index in [1.807, 2.05) is 97.9 Å². The van der Waals surface area contributed by atoms with E-state index >= 15 is 0 Å². The predicted octanol–water partition coefficient (Wildman–Crippen LogP) is 5.75. The summed E-state index contributed by atoms with van der Waals surface area (Å²) in [6.45, 7) is 1.96.